The molecule has 5 nitrogen and oxygen atoms in total. The largest absolute Gasteiger partial charge is 0.493 e. The van der Waals surface area contributed by atoms with Crippen molar-refractivity contribution in [3.8, 4) is 11.5 Å². The molecule has 6 heteroatoms. The second-order valence-electron chi connectivity index (χ2n) is 4.23. The zero-order valence-corrected chi connectivity index (χ0v) is 13.0. The number of nitrogens with zero attached hydrogens (tertiary/aromatic N) is 1. The third-order valence-electron chi connectivity index (χ3n) is 2.91. The van der Waals surface area contributed by atoms with E-state index >= 15 is 0 Å². The maximum Gasteiger partial charge on any atom is 0.170 e. The van der Waals surface area contributed by atoms with Gasteiger partial charge in [-0.2, -0.15) is 0 Å². The van der Waals surface area contributed by atoms with E-state index in [2.05, 4.69) is 21.1 Å². The van der Waals surface area contributed by atoms with E-state index in [1.807, 2.05) is 24.3 Å². The van der Waals surface area contributed by atoms with Gasteiger partial charge in [0.1, 0.15) is 6.61 Å². The molecule has 110 valence electrons. The summed E-state index contributed by atoms with van der Waals surface area (Å²) in [6.45, 7) is 0.403. The van der Waals surface area contributed by atoms with Crippen LogP contribution in [0.2, 0.25) is 0 Å². The molecule has 0 aliphatic carbocycles. The Morgan fingerprint density at radius 1 is 1.24 bits per heavy atom. The lowest BCUT2D eigenvalue weighted by atomic mass is 10.2. The maximum atomic E-state index is 8.69. The van der Waals surface area contributed by atoms with Gasteiger partial charge >= 0.3 is 0 Å². The zero-order chi connectivity index (χ0) is 15.2. The maximum absolute atomic E-state index is 8.69. The molecule has 0 saturated heterocycles. The van der Waals surface area contributed by atoms with Crippen molar-refractivity contribution in [1.82, 2.24) is 0 Å². The third kappa shape index (κ3) is 3.66. The number of benzene rings is 2. The first-order valence-electron chi connectivity index (χ1n) is 6.18. The standard InChI is InChI=1S/C15H15BrN2O3/c1-20-14-8-10(15(17)18-19)6-7-13(14)21-9-11-4-2-3-5-12(11)16/h2-8,19H,9H2,1H3,(H2,17,18). The summed E-state index contributed by atoms with van der Waals surface area (Å²) >= 11 is 3.47. The Labute approximate surface area is 131 Å². The summed E-state index contributed by atoms with van der Waals surface area (Å²) in [5.74, 6) is 1.12. The Morgan fingerprint density at radius 2 is 2.00 bits per heavy atom. The number of rotatable bonds is 5. The molecule has 0 amide bonds. The van der Waals surface area contributed by atoms with Crippen LogP contribution in [0, 0.1) is 0 Å². The molecule has 0 fully saturated rings. The molecule has 0 heterocycles. The molecule has 3 N–H and O–H groups in total. The summed E-state index contributed by atoms with van der Waals surface area (Å²) in [6.07, 6.45) is 0. The summed E-state index contributed by atoms with van der Waals surface area (Å²) in [6, 6.07) is 12.9. The molecule has 21 heavy (non-hydrogen) atoms. The van der Waals surface area contributed by atoms with Crippen molar-refractivity contribution >= 4 is 21.8 Å². The molecule has 2 rings (SSSR count). The van der Waals surface area contributed by atoms with E-state index in [1.54, 1.807) is 18.2 Å². The Morgan fingerprint density at radius 3 is 2.67 bits per heavy atom. The third-order valence-corrected chi connectivity index (χ3v) is 3.68. The van der Waals surface area contributed by atoms with Crippen LogP contribution in [-0.2, 0) is 6.61 Å². The molecule has 0 aliphatic rings. The van der Waals surface area contributed by atoms with Crippen molar-refractivity contribution in [3.63, 3.8) is 0 Å². The highest BCUT2D eigenvalue weighted by atomic mass is 79.9. The number of nitrogens with two attached hydrogens (primary N) is 1. The van der Waals surface area contributed by atoms with Crippen molar-refractivity contribution in [3.05, 3.63) is 58.1 Å². The van der Waals surface area contributed by atoms with Gasteiger partial charge in [0.15, 0.2) is 17.3 Å². The zero-order valence-electron chi connectivity index (χ0n) is 11.4. The van der Waals surface area contributed by atoms with Crippen LogP contribution < -0.4 is 15.2 Å². The minimum absolute atomic E-state index is 0.0191. The Hall–Kier alpha value is -2.21. The fourth-order valence-corrected chi connectivity index (χ4v) is 2.17. The van der Waals surface area contributed by atoms with Crippen molar-refractivity contribution < 1.29 is 14.7 Å². The molecule has 0 unspecified atom stereocenters. The summed E-state index contributed by atoms with van der Waals surface area (Å²) in [7, 11) is 1.54. The van der Waals surface area contributed by atoms with Crippen LogP contribution in [0.15, 0.2) is 52.1 Å². The normalized spacial score (nSPS) is 11.2. The highest BCUT2D eigenvalue weighted by molar-refractivity contribution is 9.10. The molecular weight excluding hydrogens is 336 g/mol. The van der Waals surface area contributed by atoms with Gasteiger partial charge in [-0.1, -0.05) is 39.3 Å². The number of oxime groups is 1. The van der Waals surface area contributed by atoms with Gasteiger partial charge in [0.25, 0.3) is 0 Å². The van der Waals surface area contributed by atoms with E-state index in [4.69, 9.17) is 20.4 Å². The van der Waals surface area contributed by atoms with Crippen LogP contribution >= 0.6 is 15.9 Å². The van der Waals surface area contributed by atoms with E-state index in [9.17, 15) is 0 Å². The minimum atomic E-state index is 0.0191. The average Bonchev–Trinajstić information content (AvgIpc) is 2.53. The van der Waals surface area contributed by atoms with Crippen molar-refractivity contribution in [2.45, 2.75) is 6.61 Å². The Balaban J connectivity index is 2.19. The van der Waals surface area contributed by atoms with Gasteiger partial charge in [0.2, 0.25) is 0 Å². The predicted molar refractivity (Wildman–Crippen MR) is 84.0 cm³/mol. The first-order chi connectivity index (χ1) is 10.2. The van der Waals surface area contributed by atoms with Crippen LogP contribution in [0.4, 0.5) is 0 Å². The average molecular weight is 351 g/mol. The molecular formula is C15H15BrN2O3. The number of halogens is 1. The highest BCUT2D eigenvalue weighted by Gasteiger charge is 2.09. The van der Waals surface area contributed by atoms with Crippen molar-refractivity contribution in [2.75, 3.05) is 7.11 Å². The second-order valence-corrected chi connectivity index (χ2v) is 5.09. The van der Waals surface area contributed by atoms with E-state index in [-0.39, 0.29) is 5.84 Å². The molecule has 0 saturated carbocycles. The molecule has 0 aliphatic heterocycles. The molecule has 0 aromatic heterocycles. The first kappa shape index (κ1) is 15.2. The summed E-state index contributed by atoms with van der Waals surface area (Å²) in [5.41, 5.74) is 7.14. The topological polar surface area (TPSA) is 77.1 Å². The van der Waals surface area contributed by atoms with Crippen LogP contribution in [-0.4, -0.2) is 18.2 Å². The van der Waals surface area contributed by atoms with E-state index in [0.29, 0.717) is 23.7 Å². The number of ether oxygens (including phenoxy) is 2. The first-order valence-corrected chi connectivity index (χ1v) is 6.97. The summed E-state index contributed by atoms with van der Waals surface area (Å²) < 4.78 is 12.0. The van der Waals surface area contributed by atoms with Gasteiger partial charge in [0.05, 0.1) is 7.11 Å². The summed E-state index contributed by atoms with van der Waals surface area (Å²) in [4.78, 5) is 0. The molecule has 0 spiro atoms. The van der Waals surface area contributed by atoms with Gasteiger partial charge < -0.3 is 20.4 Å². The Bertz CT molecular complexity index is 659. The highest BCUT2D eigenvalue weighted by Crippen LogP contribution is 2.29. The Kier molecular flexibility index (Phi) is 5.05. The van der Waals surface area contributed by atoms with Gasteiger partial charge in [-0.25, -0.2) is 0 Å². The second kappa shape index (κ2) is 6.99. The van der Waals surface area contributed by atoms with Crippen LogP contribution in [0.5, 0.6) is 11.5 Å². The quantitative estimate of drug-likeness (QED) is 0.376. The van der Waals surface area contributed by atoms with Crippen LogP contribution in [0.3, 0.4) is 0 Å². The number of hydrogen-bond acceptors (Lipinski definition) is 4. The van der Waals surface area contributed by atoms with Gasteiger partial charge in [-0.05, 0) is 24.3 Å². The fourth-order valence-electron chi connectivity index (χ4n) is 1.77. The predicted octanol–water partition coefficient (Wildman–Crippen LogP) is 3.13. The number of amidine groups is 1. The number of methoxy groups -OCH3 is 1. The minimum Gasteiger partial charge on any atom is -0.493 e. The van der Waals surface area contributed by atoms with Gasteiger partial charge in [-0.3, -0.25) is 0 Å². The van der Waals surface area contributed by atoms with Crippen LogP contribution in [0.25, 0.3) is 0 Å². The summed E-state index contributed by atoms with van der Waals surface area (Å²) in [5, 5.41) is 11.7. The molecule has 2 aromatic carbocycles. The molecule has 0 bridgehead atoms. The van der Waals surface area contributed by atoms with Gasteiger partial charge in [0, 0.05) is 15.6 Å². The smallest absolute Gasteiger partial charge is 0.170 e. The number of hydrogen-bond donors (Lipinski definition) is 2. The van der Waals surface area contributed by atoms with E-state index in [0.717, 1.165) is 10.0 Å². The lowest BCUT2D eigenvalue weighted by Gasteiger charge is -2.12. The van der Waals surface area contributed by atoms with E-state index in [1.165, 1.54) is 7.11 Å². The lowest BCUT2D eigenvalue weighted by Crippen LogP contribution is -2.13. The lowest BCUT2D eigenvalue weighted by molar-refractivity contribution is 0.284. The SMILES string of the molecule is COc1cc(/C(N)=N/O)ccc1OCc1ccccc1Br. The van der Waals surface area contributed by atoms with Crippen molar-refractivity contribution in [2.24, 2.45) is 10.9 Å². The van der Waals surface area contributed by atoms with Crippen molar-refractivity contribution in [1.29, 1.82) is 0 Å². The van der Waals surface area contributed by atoms with Gasteiger partial charge in [-0.15, -0.1) is 0 Å². The fraction of sp³-hybridized carbons (Fsp3) is 0.133. The monoisotopic (exact) mass is 350 g/mol. The van der Waals surface area contributed by atoms with E-state index < -0.39 is 0 Å². The molecule has 0 atom stereocenters. The van der Waals surface area contributed by atoms with Crippen LogP contribution in [0.1, 0.15) is 11.1 Å². The molecule has 0 radical (unpaired) electrons. The molecule has 2 aromatic rings.